The van der Waals surface area contributed by atoms with Crippen molar-refractivity contribution in [3.8, 4) is 23.0 Å². The average Bonchev–Trinajstić information content (AvgIpc) is 3.19. The van der Waals surface area contributed by atoms with Crippen LogP contribution < -0.4 is 14.2 Å². The molecule has 3 aromatic carbocycles. The Morgan fingerprint density at radius 3 is 2.11 bits per heavy atom. The first kappa shape index (κ1) is 36.1. The lowest BCUT2D eigenvalue weighted by atomic mass is 9.86. The highest BCUT2D eigenvalue weighted by Crippen LogP contribution is 2.48. The molecule has 3 heterocycles. The SMILES string of the molecule is [2H]C([2H])([2H])C1=C(c2ccc(O[C@@H]3O[C@H](C(=O)OC)[C@@H](OC(C)=O)[C@H](OC(C)=O)[C@H]3OC(C)=O)cc2)[C@H](c2ccc(OCCN3CCCCC3)cc2)Oc2cc(O)ccc21. The van der Waals surface area contributed by atoms with Crippen LogP contribution in [0.3, 0.4) is 0 Å². The Hall–Kier alpha value is -5.60. The van der Waals surface area contributed by atoms with Crippen LogP contribution >= 0.6 is 0 Å². The van der Waals surface area contributed by atoms with Crippen molar-refractivity contribution in [2.24, 2.45) is 0 Å². The highest BCUT2D eigenvalue weighted by molar-refractivity contribution is 5.95. The van der Waals surface area contributed by atoms with E-state index in [4.69, 9.17) is 42.0 Å². The maximum atomic E-state index is 12.9. The Morgan fingerprint density at radius 1 is 0.821 bits per heavy atom. The van der Waals surface area contributed by atoms with E-state index in [2.05, 4.69) is 4.90 Å². The zero-order valence-corrected chi connectivity index (χ0v) is 31.6. The zero-order chi connectivity index (χ0) is 42.4. The summed E-state index contributed by atoms with van der Waals surface area (Å²) in [6.45, 7) is 4.05. The van der Waals surface area contributed by atoms with Crippen LogP contribution in [-0.2, 0) is 42.9 Å². The number of phenols is 1. The first-order valence-corrected chi connectivity index (χ1v) is 18.3. The van der Waals surface area contributed by atoms with Crippen molar-refractivity contribution in [1.82, 2.24) is 4.90 Å². The second-order valence-electron chi connectivity index (χ2n) is 13.6. The maximum Gasteiger partial charge on any atom is 0.339 e. The number of allylic oxidation sites excluding steroid dienone is 1. The summed E-state index contributed by atoms with van der Waals surface area (Å²) in [5, 5.41) is 10.4. The van der Waals surface area contributed by atoms with E-state index in [1.165, 1.54) is 49.6 Å². The molecule has 1 N–H and O–H groups in total. The number of carbonyl (C=O) groups excluding carboxylic acids is 4. The van der Waals surface area contributed by atoms with Crippen LogP contribution in [0.15, 0.2) is 66.7 Å². The molecule has 0 radical (unpaired) electrons. The van der Waals surface area contributed by atoms with Crippen LogP contribution in [0, 0.1) is 0 Å². The van der Waals surface area contributed by atoms with Gasteiger partial charge in [-0.2, -0.15) is 0 Å². The van der Waals surface area contributed by atoms with Gasteiger partial charge in [0.2, 0.25) is 12.4 Å². The molecule has 0 bridgehead atoms. The summed E-state index contributed by atoms with van der Waals surface area (Å²) < 4.78 is 71.7. The van der Waals surface area contributed by atoms with E-state index in [1.54, 1.807) is 36.4 Å². The average molecular weight is 777 g/mol. The molecule has 0 unspecified atom stereocenters. The van der Waals surface area contributed by atoms with Gasteiger partial charge in [0.05, 0.1) is 7.11 Å². The van der Waals surface area contributed by atoms with E-state index < -0.39 is 67.5 Å². The predicted octanol–water partition coefficient (Wildman–Crippen LogP) is 5.39. The number of hydrogen-bond acceptors (Lipinski definition) is 14. The van der Waals surface area contributed by atoms with Gasteiger partial charge in [-0.05, 0) is 85.9 Å². The lowest BCUT2D eigenvalue weighted by Crippen LogP contribution is -2.64. The second kappa shape index (κ2) is 17.9. The Bertz CT molecular complexity index is 2030. The molecule has 0 amide bonds. The highest BCUT2D eigenvalue weighted by atomic mass is 16.7. The minimum Gasteiger partial charge on any atom is -0.508 e. The number of nitrogens with zero attached hydrogens (tertiary/aromatic N) is 1. The van der Waals surface area contributed by atoms with Crippen LogP contribution in [0.4, 0.5) is 0 Å². The highest BCUT2D eigenvalue weighted by Gasteiger charge is 2.56. The molecule has 2 fully saturated rings. The molecule has 0 aliphatic carbocycles. The van der Waals surface area contributed by atoms with Gasteiger partial charge in [-0.3, -0.25) is 19.3 Å². The van der Waals surface area contributed by atoms with Crippen molar-refractivity contribution >= 4 is 35.0 Å². The van der Waals surface area contributed by atoms with Gasteiger partial charge < -0.3 is 43.0 Å². The molecule has 2 saturated heterocycles. The van der Waals surface area contributed by atoms with Crippen LogP contribution in [0.1, 0.15) is 73.8 Å². The maximum absolute atomic E-state index is 12.9. The molecule has 0 aromatic heterocycles. The topological polar surface area (TPSA) is 166 Å². The predicted molar refractivity (Wildman–Crippen MR) is 201 cm³/mol. The minimum atomic E-state index is -2.64. The summed E-state index contributed by atoms with van der Waals surface area (Å²) in [4.78, 5) is 51.9. The van der Waals surface area contributed by atoms with Gasteiger partial charge in [0.25, 0.3) is 0 Å². The van der Waals surface area contributed by atoms with Crippen molar-refractivity contribution < 1.29 is 66.3 Å². The standard InChI is InChI=1S/C42H47NO13/c1-24-33-18-13-30(47)23-34(33)55-36(29-11-14-31(15-12-29)50-22-21-43-19-7-6-8-20-43)35(24)28-9-16-32(17-10-28)54-42-40(53-27(4)46)38(52-26(3)45)37(51-25(2)44)39(56-42)41(48)49-5/h9-18,23,36-40,42,47H,6-8,19-22H2,1-5H3/t36-,37-,38-,39-,40+,42+/m0/s1/i1D3. The zero-order valence-electron chi connectivity index (χ0n) is 34.6. The Labute approximate surface area is 329 Å². The molecule has 3 aliphatic heterocycles. The number of piperidine rings is 1. The summed E-state index contributed by atoms with van der Waals surface area (Å²) in [6.07, 6.45) is -5.27. The Kier molecular flexibility index (Phi) is 11.5. The fourth-order valence-corrected chi connectivity index (χ4v) is 7.04. The monoisotopic (exact) mass is 776 g/mol. The number of ether oxygens (including phenoxy) is 8. The van der Waals surface area contributed by atoms with Crippen molar-refractivity contribution in [2.75, 3.05) is 33.4 Å². The lowest BCUT2D eigenvalue weighted by molar-refractivity contribution is -0.282. The fourth-order valence-electron chi connectivity index (χ4n) is 7.04. The number of aromatic hydroxyl groups is 1. The smallest absolute Gasteiger partial charge is 0.339 e. The first-order chi connectivity index (χ1) is 28.1. The number of benzene rings is 3. The normalized spacial score (nSPS) is 24.5. The first-order valence-electron chi connectivity index (χ1n) is 19.8. The number of fused-ring (bicyclic) bond motifs is 1. The molecule has 14 nitrogen and oxygen atoms in total. The summed E-state index contributed by atoms with van der Waals surface area (Å²) in [5.74, 6) is -2.66. The van der Waals surface area contributed by atoms with Crippen molar-refractivity contribution in [3.63, 3.8) is 0 Å². The van der Waals surface area contributed by atoms with E-state index in [1.807, 2.05) is 0 Å². The molecule has 6 rings (SSSR count). The Morgan fingerprint density at radius 2 is 1.46 bits per heavy atom. The molecular weight excluding hydrogens is 726 g/mol. The largest absolute Gasteiger partial charge is 0.508 e. The van der Waals surface area contributed by atoms with Crippen molar-refractivity contribution in [1.29, 1.82) is 0 Å². The van der Waals surface area contributed by atoms with Gasteiger partial charge in [0, 0.05) is 48.6 Å². The number of likely N-dealkylation sites (tertiary alicyclic amines) is 1. The van der Waals surface area contributed by atoms with E-state index in [9.17, 15) is 24.3 Å². The quantitative estimate of drug-likeness (QED) is 0.184. The number of phenolic OH excluding ortho intramolecular Hbond substituents is 1. The van der Waals surface area contributed by atoms with E-state index >= 15 is 0 Å². The number of hydrogen-bond donors (Lipinski definition) is 1. The number of esters is 4. The number of carbonyl (C=O) groups is 4. The minimum absolute atomic E-state index is 0.00599. The van der Waals surface area contributed by atoms with Gasteiger partial charge in [-0.1, -0.05) is 30.7 Å². The molecule has 56 heavy (non-hydrogen) atoms. The third-order valence-corrected chi connectivity index (χ3v) is 9.57. The second-order valence-corrected chi connectivity index (χ2v) is 13.6. The van der Waals surface area contributed by atoms with Crippen molar-refractivity contribution in [2.45, 2.75) is 83.7 Å². The lowest BCUT2D eigenvalue weighted by Gasteiger charge is -2.43. The van der Waals surface area contributed by atoms with Crippen LogP contribution in [-0.4, -0.2) is 97.9 Å². The summed E-state index contributed by atoms with van der Waals surface area (Å²) >= 11 is 0. The van der Waals surface area contributed by atoms with Crippen LogP contribution in [0.25, 0.3) is 11.1 Å². The van der Waals surface area contributed by atoms with E-state index in [0.717, 1.165) is 47.5 Å². The summed E-state index contributed by atoms with van der Waals surface area (Å²) in [6, 6.07) is 17.7. The number of rotatable bonds is 12. The van der Waals surface area contributed by atoms with Crippen LogP contribution in [0.5, 0.6) is 23.0 Å². The van der Waals surface area contributed by atoms with Gasteiger partial charge >= 0.3 is 23.9 Å². The molecule has 6 atom stereocenters. The van der Waals surface area contributed by atoms with E-state index in [-0.39, 0.29) is 28.4 Å². The third kappa shape index (κ3) is 9.43. The summed E-state index contributed by atoms with van der Waals surface area (Å²) in [5.41, 5.74) is 1.67. The van der Waals surface area contributed by atoms with Gasteiger partial charge in [0.1, 0.15) is 35.7 Å². The van der Waals surface area contributed by atoms with Crippen molar-refractivity contribution in [3.05, 3.63) is 83.4 Å². The molecule has 3 aliphatic rings. The Balaban J connectivity index is 1.34. The summed E-state index contributed by atoms with van der Waals surface area (Å²) in [7, 11) is 1.08. The van der Waals surface area contributed by atoms with Crippen LogP contribution in [0.2, 0.25) is 0 Å². The molecule has 14 heteroatoms. The van der Waals surface area contributed by atoms with Gasteiger partial charge in [-0.25, -0.2) is 4.79 Å². The fraction of sp³-hybridized carbons (Fsp3) is 0.429. The molecule has 0 saturated carbocycles. The van der Waals surface area contributed by atoms with E-state index in [0.29, 0.717) is 29.1 Å². The molecule has 0 spiro atoms. The third-order valence-electron chi connectivity index (χ3n) is 9.57. The molecule has 3 aromatic rings. The van der Waals surface area contributed by atoms with Gasteiger partial charge in [0.15, 0.2) is 18.3 Å². The molecular formula is C42H47NO13. The van der Waals surface area contributed by atoms with Gasteiger partial charge in [-0.15, -0.1) is 0 Å². The molecule has 298 valence electrons. The number of methoxy groups -OCH3 is 1.